The van der Waals surface area contributed by atoms with Crippen LogP contribution in [-0.2, 0) is 14.3 Å². The average molecular weight is 514 g/mol. The van der Waals surface area contributed by atoms with Gasteiger partial charge in [-0.25, -0.2) is 0 Å². The van der Waals surface area contributed by atoms with Gasteiger partial charge in [0.05, 0.1) is 32.8 Å². The van der Waals surface area contributed by atoms with Crippen LogP contribution in [0.4, 0.5) is 0 Å². The molecule has 6 heteroatoms. The Kier molecular flexibility index (Phi) is 7.82. The smallest absolute Gasteiger partial charge is 0.313 e. The van der Waals surface area contributed by atoms with Gasteiger partial charge in [-0.05, 0) is 76.9 Å². The highest BCUT2D eigenvalue weighted by Gasteiger charge is 2.30. The van der Waals surface area contributed by atoms with Gasteiger partial charge in [-0.2, -0.15) is 0 Å². The molecule has 4 aromatic rings. The zero-order chi connectivity index (χ0) is 26.6. The molecule has 0 aliphatic carbocycles. The highest BCUT2D eigenvalue weighted by atomic mass is 16.5. The maximum absolute atomic E-state index is 12.9. The Morgan fingerprint density at radius 2 is 1.50 bits per heavy atom. The molecule has 1 aliphatic heterocycles. The van der Waals surface area contributed by atoms with Gasteiger partial charge in [0, 0.05) is 19.1 Å². The van der Waals surface area contributed by atoms with E-state index in [4.69, 9.17) is 18.9 Å². The molecule has 1 aliphatic rings. The number of esters is 1. The number of ether oxygens (including phenoxy) is 4. The van der Waals surface area contributed by atoms with Crippen molar-refractivity contribution in [3.8, 4) is 11.5 Å². The van der Waals surface area contributed by atoms with Crippen LogP contribution < -0.4 is 9.47 Å². The van der Waals surface area contributed by atoms with Crippen molar-refractivity contribution in [2.75, 3.05) is 40.5 Å². The molecule has 4 aromatic carbocycles. The normalized spacial score (nSPS) is 18.8. The van der Waals surface area contributed by atoms with Crippen molar-refractivity contribution in [3.05, 3.63) is 83.9 Å². The molecule has 38 heavy (non-hydrogen) atoms. The molecule has 1 fully saturated rings. The SMILES string of the molecule is COc1ccc2cc(C(C)C(=O)OCCN3CCOC(c4ccc5cc(OC)ccc5c4)C3C)ccc2c1. The Hall–Kier alpha value is -3.61. The first-order chi connectivity index (χ1) is 18.5. The minimum Gasteiger partial charge on any atom is -0.497 e. The fraction of sp³-hybridized carbons (Fsp3) is 0.344. The number of benzene rings is 4. The Morgan fingerprint density at radius 1 is 0.895 bits per heavy atom. The molecule has 1 heterocycles. The van der Waals surface area contributed by atoms with Crippen molar-refractivity contribution < 1.29 is 23.7 Å². The molecule has 0 spiro atoms. The predicted molar refractivity (Wildman–Crippen MR) is 150 cm³/mol. The van der Waals surface area contributed by atoms with E-state index in [9.17, 15) is 4.79 Å². The lowest BCUT2D eigenvalue weighted by Gasteiger charge is -2.39. The number of nitrogens with zero attached hydrogens (tertiary/aromatic N) is 1. The monoisotopic (exact) mass is 513 g/mol. The van der Waals surface area contributed by atoms with E-state index in [2.05, 4.69) is 42.2 Å². The third-order valence-electron chi connectivity index (χ3n) is 7.64. The number of fused-ring (bicyclic) bond motifs is 2. The fourth-order valence-electron chi connectivity index (χ4n) is 5.23. The first kappa shape index (κ1) is 26.0. The molecule has 0 bridgehead atoms. The third-order valence-corrected chi connectivity index (χ3v) is 7.64. The van der Waals surface area contributed by atoms with E-state index in [-0.39, 0.29) is 24.0 Å². The maximum atomic E-state index is 12.9. The fourth-order valence-corrected chi connectivity index (χ4v) is 5.23. The highest BCUT2D eigenvalue weighted by molar-refractivity contribution is 5.87. The first-order valence-electron chi connectivity index (χ1n) is 13.1. The van der Waals surface area contributed by atoms with E-state index in [1.807, 2.05) is 49.4 Å². The molecule has 0 amide bonds. The summed E-state index contributed by atoms with van der Waals surface area (Å²) < 4.78 is 22.6. The summed E-state index contributed by atoms with van der Waals surface area (Å²) in [5, 5.41) is 4.45. The van der Waals surface area contributed by atoms with E-state index < -0.39 is 0 Å². The van der Waals surface area contributed by atoms with Crippen LogP contribution >= 0.6 is 0 Å². The third kappa shape index (κ3) is 5.47. The molecule has 6 nitrogen and oxygen atoms in total. The number of carbonyl (C=O) groups excluding carboxylic acids is 1. The van der Waals surface area contributed by atoms with Crippen LogP contribution in [0, 0.1) is 0 Å². The number of methoxy groups -OCH3 is 2. The molecule has 198 valence electrons. The van der Waals surface area contributed by atoms with Crippen LogP contribution in [0.5, 0.6) is 11.5 Å². The quantitative estimate of drug-likeness (QED) is 0.265. The summed E-state index contributed by atoms with van der Waals surface area (Å²) in [7, 11) is 3.34. The predicted octanol–water partition coefficient (Wildman–Crippen LogP) is 6.12. The number of carbonyl (C=O) groups is 1. The summed E-state index contributed by atoms with van der Waals surface area (Å²) in [6.45, 7) is 6.54. The van der Waals surface area contributed by atoms with Gasteiger partial charge in [0.25, 0.3) is 0 Å². The van der Waals surface area contributed by atoms with Crippen LogP contribution in [-0.4, -0.2) is 57.4 Å². The Morgan fingerprint density at radius 3 is 2.18 bits per heavy atom. The second-order valence-electron chi connectivity index (χ2n) is 9.90. The van der Waals surface area contributed by atoms with Crippen LogP contribution in [0.15, 0.2) is 72.8 Å². The Labute approximate surface area is 224 Å². The summed E-state index contributed by atoms with van der Waals surface area (Å²) in [5.41, 5.74) is 2.10. The zero-order valence-corrected chi connectivity index (χ0v) is 22.5. The van der Waals surface area contributed by atoms with E-state index in [0.29, 0.717) is 19.8 Å². The van der Waals surface area contributed by atoms with E-state index in [1.54, 1.807) is 14.2 Å². The van der Waals surface area contributed by atoms with Crippen molar-refractivity contribution in [3.63, 3.8) is 0 Å². The van der Waals surface area contributed by atoms with Crippen molar-refractivity contribution in [1.82, 2.24) is 4.90 Å². The van der Waals surface area contributed by atoms with Gasteiger partial charge < -0.3 is 18.9 Å². The van der Waals surface area contributed by atoms with E-state index in [0.717, 1.165) is 50.7 Å². The van der Waals surface area contributed by atoms with Gasteiger partial charge in [0.2, 0.25) is 0 Å². The topological polar surface area (TPSA) is 57.2 Å². The summed E-state index contributed by atoms with van der Waals surface area (Å²) in [6.07, 6.45) is -0.0406. The first-order valence-corrected chi connectivity index (χ1v) is 13.1. The molecule has 0 radical (unpaired) electrons. The van der Waals surface area contributed by atoms with Crippen molar-refractivity contribution in [2.45, 2.75) is 31.9 Å². The van der Waals surface area contributed by atoms with Gasteiger partial charge >= 0.3 is 5.97 Å². The van der Waals surface area contributed by atoms with Crippen molar-refractivity contribution in [1.29, 1.82) is 0 Å². The lowest BCUT2D eigenvalue weighted by molar-refractivity contribution is -0.146. The molecule has 0 N–H and O–H groups in total. The van der Waals surface area contributed by atoms with Crippen molar-refractivity contribution in [2.24, 2.45) is 0 Å². The summed E-state index contributed by atoms with van der Waals surface area (Å²) in [4.78, 5) is 15.2. The number of hydrogen-bond acceptors (Lipinski definition) is 6. The molecular weight excluding hydrogens is 478 g/mol. The van der Waals surface area contributed by atoms with Crippen LogP contribution in [0.2, 0.25) is 0 Å². The molecule has 3 atom stereocenters. The number of rotatable bonds is 8. The standard InChI is InChI=1S/C32H35NO5/c1-21(23-5-6-26-19-29(35-3)11-9-24(26)17-23)32(34)38-16-14-33-13-15-37-31(22(33)2)28-8-7-27-20-30(36-4)12-10-25(27)18-28/h5-12,17-22,31H,13-16H2,1-4H3. The second kappa shape index (κ2) is 11.4. The molecule has 0 aromatic heterocycles. The van der Waals surface area contributed by atoms with Gasteiger partial charge in [0.1, 0.15) is 18.1 Å². The molecular formula is C32H35NO5. The largest absolute Gasteiger partial charge is 0.497 e. The van der Waals surface area contributed by atoms with Gasteiger partial charge in [-0.15, -0.1) is 0 Å². The second-order valence-corrected chi connectivity index (χ2v) is 9.90. The molecule has 3 unspecified atom stereocenters. The van der Waals surface area contributed by atoms with Crippen LogP contribution in [0.3, 0.4) is 0 Å². The Bertz CT molecular complexity index is 1430. The van der Waals surface area contributed by atoms with Gasteiger partial charge in [0.15, 0.2) is 0 Å². The van der Waals surface area contributed by atoms with E-state index >= 15 is 0 Å². The molecule has 1 saturated heterocycles. The van der Waals surface area contributed by atoms with Crippen LogP contribution in [0.1, 0.15) is 37.0 Å². The zero-order valence-electron chi connectivity index (χ0n) is 22.5. The van der Waals surface area contributed by atoms with Crippen LogP contribution in [0.25, 0.3) is 21.5 Å². The molecule has 5 rings (SSSR count). The summed E-state index contributed by atoms with van der Waals surface area (Å²) in [6, 6.07) is 24.7. The summed E-state index contributed by atoms with van der Waals surface area (Å²) in [5.74, 6) is 1.12. The average Bonchev–Trinajstić information content (AvgIpc) is 2.96. The van der Waals surface area contributed by atoms with E-state index in [1.165, 1.54) is 0 Å². The Balaban J connectivity index is 1.18. The number of morpholine rings is 1. The van der Waals surface area contributed by atoms with Crippen molar-refractivity contribution >= 4 is 27.5 Å². The minimum atomic E-state index is -0.340. The maximum Gasteiger partial charge on any atom is 0.313 e. The van der Waals surface area contributed by atoms with Gasteiger partial charge in [-0.1, -0.05) is 42.5 Å². The lowest BCUT2D eigenvalue weighted by Crippen LogP contribution is -2.47. The highest BCUT2D eigenvalue weighted by Crippen LogP contribution is 2.32. The van der Waals surface area contributed by atoms with Gasteiger partial charge in [-0.3, -0.25) is 9.69 Å². The number of hydrogen-bond donors (Lipinski definition) is 0. The lowest BCUT2D eigenvalue weighted by atomic mass is 9.97. The minimum absolute atomic E-state index is 0.0406. The molecule has 0 saturated carbocycles. The summed E-state index contributed by atoms with van der Waals surface area (Å²) >= 11 is 0.